The van der Waals surface area contributed by atoms with Gasteiger partial charge < -0.3 is 15.5 Å². The molecule has 10 heteroatoms. The number of carbonyl (C=O) groups is 1. The number of piperidine rings is 1. The van der Waals surface area contributed by atoms with Crippen LogP contribution in [0.15, 0.2) is 65.6 Å². The molecule has 4 aromatic rings. The van der Waals surface area contributed by atoms with Crippen LogP contribution in [0.2, 0.25) is 5.02 Å². The van der Waals surface area contributed by atoms with E-state index in [0.717, 1.165) is 19.6 Å². The van der Waals surface area contributed by atoms with Crippen LogP contribution in [0.1, 0.15) is 25.7 Å². The second-order valence-corrected chi connectivity index (χ2v) is 9.39. The number of anilines is 3. The zero-order valence-corrected chi connectivity index (χ0v) is 20.8. The maximum Gasteiger partial charge on any atom is 0.256 e. The number of likely N-dealkylation sites (tertiary alicyclic amines) is 1. The number of halogens is 2. The Morgan fingerprint density at radius 3 is 2.68 bits per heavy atom. The van der Waals surface area contributed by atoms with Crippen LogP contribution in [0.4, 0.5) is 21.7 Å². The summed E-state index contributed by atoms with van der Waals surface area (Å²) in [6, 6.07) is 14.4. The van der Waals surface area contributed by atoms with Gasteiger partial charge in [0.25, 0.3) is 5.56 Å². The predicted molar refractivity (Wildman–Crippen MR) is 143 cm³/mol. The van der Waals surface area contributed by atoms with Crippen molar-refractivity contribution in [3.63, 3.8) is 0 Å². The van der Waals surface area contributed by atoms with Gasteiger partial charge in [-0.25, -0.2) is 9.37 Å². The van der Waals surface area contributed by atoms with Gasteiger partial charge in [-0.05, 0) is 68.4 Å². The highest BCUT2D eigenvalue weighted by Crippen LogP contribution is 2.23. The van der Waals surface area contributed by atoms with E-state index in [-0.39, 0.29) is 22.4 Å². The highest BCUT2D eigenvalue weighted by molar-refractivity contribution is 6.31. The molecule has 190 valence electrons. The number of nitrogens with one attached hydrogen (secondary N) is 2. The molecule has 1 fully saturated rings. The summed E-state index contributed by atoms with van der Waals surface area (Å²) in [6.07, 6.45) is 5.63. The van der Waals surface area contributed by atoms with Gasteiger partial charge in [-0.3, -0.25) is 14.2 Å². The van der Waals surface area contributed by atoms with Gasteiger partial charge in [0.1, 0.15) is 5.82 Å². The minimum atomic E-state index is -0.529. The summed E-state index contributed by atoms with van der Waals surface area (Å²) in [5.74, 6) is -0.379. The van der Waals surface area contributed by atoms with Crippen LogP contribution >= 0.6 is 11.6 Å². The molecule has 0 saturated carbocycles. The minimum absolute atomic E-state index is 0.0301. The molecule has 3 heterocycles. The molecule has 8 nitrogen and oxygen atoms in total. The molecule has 0 unspecified atom stereocenters. The number of aromatic nitrogens is 3. The molecule has 2 aromatic carbocycles. The molecule has 2 aromatic heterocycles. The molecule has 1 aliphatic rings. The van der Waals surface area contributed by atoms with Crippen LogP contribution in [0.25, 0.3) is 16.7 Å². The summed E-state index contributed by atoms with van der Waals surface area (Å²) < 4.78 is 15.0. The van der Waals surface area contributed by atoms with E-state index in [1.165, 1.54) is 48.1 Å². The lowest BCUT2D eigenvalue weighted by molar-refractivity contribution is -0.116. The van der Waals surface area contributed by atoms with Gasteiger partial charge in [0, 0.05) is 42.0 Å². The third-order valence-electron chi connectivity index (χ3n) is 6.30. The lowest BCUT2D eigenvalue weighted by Crippen LogP contribution is -2.32. The quantitative estimate of drug-likeness (QED) is 0.351. The Kier molecular flexibility index (Phi) is 7.43. The summed E-state index contributed by atoms with van der Waals surface area (Å²) in [5, 5.41) is 6.56. The van der Waals surface area contributed by atoms with E-state index in [4.69, 9.17) is 11.6 Å². The average molecular weight is 521 g/mol. The third-order valence-corrected chi connectivity index (χ3v) is 6.59. The number of carbonyl (C=O) groups excluding carboxylic acids is 1. The fourth-order valence-electron chi connectivity index (χ4n) is 4.42. The van der Waals surface area contributed by atoms with Crippen molar-refractivity contribution in [1.82, 2.24) is 19.4 Å². The zero-order valence-electron chi connectivity index (χ0n) is 20.1. The monoisotopic (exact) mass is 520 g/mol. The molecular formula is C27H26ClFN6O2. The summed E-state index contributed by atoms with van der Waals surface area (Å²) >= 11 is 5.88. The van der Waals surface area contributed by atoms with E-state index in [2.05, 4.69) is 25.5 Å². The molecular weight excluding hydrogens is 495 g/mol. The standard InChI is InChI=1S/C27H26ClFN6O2/c28-22-16-20(8-9-23(22)29)32-27-30-17-18-7-10-25(37)35(26(18)33-27)21-6-4-5-19(15-21)31-24(36)11-14-34-12-2-1-3-13-34/h4-10,15-17H,1-3,11-14H2,(H,31,36)(H,30,32,33). The van der Waals surface area contributed by atoms with Crippen molar-refractivity contribution in [2.75, 3.05) is 30.3 Å². The Balaban J connectivity index is 1.39. The largest absolute Gasteiger partial charge is 0.326 e. The van der Waals surface area contributed by atoms with Crippen molar-refractivity contribution in [2.24, 2.45) is 0 Å². The summed E-state index contributed by atoms with van der Waals surface area (Å²) in [6.45, 7) is 2.82. The van der Waals surface area contributed by atoms with E-state index in [0.29, 0.717) is 34.5 Å². The number of rotatable bonds is 7. The maximum atomic E-state index is 13.5. The summed E-state index contributed by atoms with van der Waals surface area (Å²) in [5.41, 5.74) is 1.75. The summed E-state index contributed by atoms with van der Waals surface area (Å²) in [4.78, 5) is 36.7. The Hall–Kier alpha value is -3.82. The number of fused-ring (bicyclic) bond motifs is 1. The highest BCUT2D eigenvalue weighted by Gasteiger charge is 2.13. The van der Waals surface area contributed by atoms with Gasteiger partial charge in [0.05, 0.1) is 10.7 Å². The smallest absolute Gasteiger partial charge is 0.256 e. The molecule has 1 aliphatic heterocycles. The topological polar surface area (TPSA) is 92.2 Å². The van der Waals surface area contributed by atoms with Gasteiger partial charge in [-0.15, -0.1) is 0 Å². The number of benzene rings is 2. The molecule has 1 saturated heterocycles. The first-order valence-corrected chi connectivity index (χ1v) is 12.6. The van der Waals surface area contributed by atoms with Crippen molar-refractivity contribution in [3.8, 4) is 5.69 Å². The minimum Gasteiger partial charge on any atom is -0.326 e. The zero-order chi connectivity index (χ0) is 25.8. The lowest BCUT2D eigenvalue weighted by Gasteiger charge is -2.25. The van der Waals surface area contributed by atoms with E-state index in [1.807, 2.05) is 0 Å². The van der Waals surface area contributed by atoms with Gasteiger partial charge in [-0.1, -0.05) is 24.1 Å². The van der Waals surface area contributed by atoms with Crippen LogP contribution in [0, 0.1) is 5.82 Å². The first-order chi connectivity index (χ1) is 18.0. The Bertz CT molecular complexity index is 1500. The number of pyridine rings is 1. The van der Waals surface area contributed by atoms with Crippen molar-refractivity contribution in [3.05, 3.63) is 82.0 Å². The first-order valence-electron chi connectivity index (χ1n) is 12.2. The molecule has 1 amide bonds. The number of amides is 1. The van der Waals surface area contributed by atoms with E-state index in [1.54, 1.807) is 36.5 Å². The Labute approximate surface area is 218 Å². The van der Waals surface area contributed by atoms with Crippen molar-refractivity contribution in [2.45, 2.75) is 25.7 Å². The third kappa shape index (κ3) is 5.95. The molecule has 0 radical (unpaired) electrons. The first kappa shape index (κ1) is 24.9. The van der Waals surface area contributed by atoms with Gasteiger partial charge in [0.15, 0.2) is 5.65 Å². The van der Waals surface area contributed by atoms with Crippen molar-refractivity contribution in [1.29, 1.82) is 0 Å². The Morgan fingerprint density at radius 1 is 1.03 bits per heavy atom. The summed E-state index contributed by atoms with van der Waals surface area (Å²) in [7, 11) is 0. The molecule has 0 aliphatic carbocycles. The number of hydrogen-bond donors (Lipinski definition) is 2. The van der Waals surface area contributed by atoms with Crippen molar-refractivity contribution < 1.29 is 9.18 Å². The molecule has 0 atom stereocenters. The Morgan fingerprint density at radius 2 is 1.86 bits per heavy atom. The van der Waals surface area contributed by atoms with Crippen LogP contribution in [0.5, 0.6) is 0 Å². The highest BCUT2D eigenvalue weighted by atomic mass is 35.5. The van der Waals surface area contributed by atoms with Gasteiger partial charge in [-0.2, -0.15) is 4.98 Å². The van der Waals surface area contributed by atoms with Crippen molar-refractivity contribution >= 4 is 45.9 Å². The van der Waals surface area contributed by atoms with E-state index < -0.39 is 5.82 Å². The maximum absolute atomic E-state index is 13.5. The van der Waals surface area contributed by atoms with Gasteiger partial charge in [0.2, 0.25) is 11.9 Å². The van der Waals surface area contributed by atoms with Crippen LogP contribution < -0.4 is 16.2 Å². The molecule has 2 N–H and O–H groups in total. The molecule has 5 rings (SSSR count). The van der Waals surface area contributed by atoms with Crippen LogP contribution in [-0.2, 0) is 4.79 Å². The van der Waals surface area contributed by atoms with Gasteiger partial charge >= 0.3 is 0 Å². The number of nitrogens with zero attached hydrogens (tertiary/aromatic N) is 4. The molecule has 37 heavy (non-hydrogen) atoms. The molecule has 0 bridgehead atoms. The van der Waals surface area contributed by atoms with Crippen LogP contribution in [-0.4, -0.2) is 45.0 Å². The van der Waals surface area contributed by atoms with Crippen LogP contribution in [0.3, 0.4) is 0 Å². The lowest BCUT2D eigenvalue weighted by atomic mass is 10.1. The SMILES string of the molecule is O=C(CCN1CCCCC1)Nc1cccc(-n2c(=O)ccc3cnc(Nc4ccc(F)c(Cl)c4)nc32)c1. The number of hydrogen-bond acceptors (Lipinski definition) is 6. The average Bonchev–Trinajstić information content (AvgIpc) is 2.90. The fraction of sp³-hybridized carbons (Fsp3) is 0.259. The predicted octanol–water partition coefficient (Wildman–Crippen LogP) is 5.13. The second-order valence-electron chi connectivity index (χ2n) is 8.98. The second kappa shape index (κ2) is 11.1. The fourth-order valence-corrected chi connectivity index (χ4v) is 4.60. The molecule has 0 spiro atoms. The normalized spacial score (nSPS) is 14.0. The van der Waals surface area contributed by atoms with E-state index in [9.17, 15) is 14.0 Å². The van der Waals surface area contributed by atoms with E-state index >= 15 is 0 Å².